The molecule has 1 aromatic heterocycles. The van der Waals surface area contributed by atoms with Gasteiger partial charge in [0, 0.05) is 17.8 Å². The van der Waals surface area contributed by atoms with E-state index < -0.39 is 5.97 Å². The van der Waals surface area contributed by atoms with Gasteiger partial charge in [-0.1, -0.05) is 12.1 Å². The fourth-order valence-electron chi connectivity index (χ4n) is 2.24. The lowest BCUT2D eigenvalue weighted by atomic mass is 10.1. The van der Waals surface area contributed by atoms with Crippen LogP contribution in [0.3, 0.4) is 0 Å². The highest BCUT2D eigenvalue weighted by Crippen LogP contribution is 2.13. The third-order valence-corrected chi connectivity index (χ3v) is 3.64. The summed E-state index contributed by atoms with van der Waals surface area (Å²) in [6.07, 6.45) is 2.91. The number of ether oxygens (including phenoxy) is 1. The largest absolute Gasteiger partial charge is 0.497 e. The molecule has 0 fully saturated rings. The summed E-state index contributed by atoms with van der Waals surface area (Å²) in [6, 6.07) is 10.5. The summed E-state index contributed by atoms with van der Waals surface area (Å²) in [5, 5.41) is 11.8. The number of nitrogens with one attached hydrogen (secondary N) is 1. The molecule has 1 atom stereocenters. The van der Waals surface area contributed by atoms with Crippen LogP contribution in [0.4, 0.5) is 0 Å². The zero-order valence-electron chi connectivity index (χ0n) is 13.7. The minimum atomic E-state index is -1.16. The monoisotopic (exact) mass is 328 g/mol. The number of rotatable bonds is 7. The van der Waals surface area contributed by atoms with Crippen LogP contribution >= 0.6 is 0 Å². The van der Waals surface area contributed by atoms with E-state index in [4.69, 9.17) is 9.84 Å². The molecule has 2 N–H and O–H groups in total. The summed E-state index contributed by atoms with van der Waals surface area (Å²) < 4.78 is 5.12. The van der Waals surface area contributed by atoms with Gasteiger partial charge in [0.25, 0.3) is 5.91 Å². The van der Waals surface area contributed by atoms with Crippen LogP contribution in [-0.2, 0) is 6.42 Å². The highest BCUT2D eigenvalue weighted by Gasteiger charge is 2.13. The quantitative estimate of drug-likeness (QED) is 0.815. The van der Waals surface area contributed by atoms with Crippen molar-refractivity contribution in [2.75, 3.05) is 7.11 Å². The molecule has 0 saturated heterocycles. The highest BCUT2D eigenvalue weighted by molar-refractivity contribution is 5.96. The number of hydrogen-bond donors (Lipinski definition) is 2. The number of methoxy groups -OCH3 is 1. The van der Waals surface area contributed by atoms with Gasteiger partial charge in [-0.15, -0.1) is 0 Å². The number of carboxylic acids is 1. The van der Waals surface area contributed by atoms with E-state index in [2.05, 4.69) is 10.3 Å². The van der Waals surface area contributed by atoms with Crippen molar-refractivity contribution >= 4 is 11.9 Å². The van der Waals surface area contributed by atoms with E-state index in [-0.39, 0.29) is 17.6 Å². The molecule has 1 unspecified atom stereocenters. The number of aromatic carboxylic acids is 1. The van der Waals surface area contributed by atoms with Crippen LogP contribution in [0, 0.1) is 0 Å². The predicted octanol–water partition coefficient (Wildman–Crippen LogP) is 2.54. The third kappa shape index (κ3) is 4.81. The Bertz CT molecular complexity index is 713. The lowest BCUT2D eigenvalue weighted by molar-refractivity contribution is 0.0690. The Balaban J connectivity index is 1.89. The van der Waals surface area contributed by atoms with Gasteiger partial charge in [0.15, 0.2) is 0 Å². The van der Waals surface area contributed by atoms with E-state index in [0.717, 1.165) is 24.2 Å². The first-order chi connectivity index (χ1) is 11.5. The Morgan fingerprint density at radius 2 is 1.96 bits per heavy atom. The summed E-state index contributed by atoms with van der Waals surface area (Å²) in [5.74, 6) is -0.647. The zero-order chi connectivity index (χ0) is 17.5. The Morgan fingerprint density at radius 1 is 1.25 bits per heavy atom. The first-order valence-electron chi connectivity index (χ1n) is 7.62. The average molecular weight is 328 g/mol. The maximum Gasteiger partial charge on any atom is 0.354 e. The second kappa shape index (κ2) is 8.10. The highest BCUT2D eigenvalue weighted by atomic mass is 16.5. The van der Waals surface area contributed by atoms with Crippen LogP contribution in [0.2, 0.25) is 0 Å². The topological polar surface area (TPSA) is 88.5 Å². The van der Waals surface area contributed by atoms with Gasteiger partial charge in [-0.25, -0.2) is 9.78 Å². The second-order valence-corrected chi connectivity index (χ2v) is 5.50. The summed E-state index contributed by atoms with van der Waals surface area (Å²) in [5.41, 5.74) is 1.31. The zero-order valence-corrected chi connectivity index (χ0v) is 13.7. The van der Waals surface area contributed by atoms with Crippen LogP contribution in [0.15, 0.2) is 42.6 Å². The van der Waals surface area contributed by atoms with Crippen molar-refractivity contribution in [3.63, 3.8) is 0 Å². The van der Waals surface area contributed by atoms with Crippen molar-refractivity contribution in [2.45, 2.75) is 25.8 Å². The Hall–Kier alpha value is -2.89. The van der Waals surface area contributed by atoms with Crippen molar-refractivity contribution in [1.29, 1.82) is 0 Å². The number of nitrogens with zero attached hydrogens (tertiary/aromatic N) is 1. The molecule has 2 rings (SSSR count). The average Bonchev–Trinajstić information content (AvgIpc) is 2.60. The lowest BCUT2D eigenvalue weighted by Gasteiger charge is -2.14. The molecule has 6 nitrogen and oxygen atoms in total. The molecule has 0 spiro atoms. The Morgan fingerprint density at radius 3 is 2.58 bits per heavy atom. The molecule has 1 aromatic carbocycles. The van der Waals surface area contributed by atoms with Gasteiger partial charge in [0.1, 0.15) is 11.4 Å². The Labute approximate surface area is 140 Å². The van der Waals surface area contributed by atoms with E-state index in [1.807, 2.05) is 31.2 Å². The predicted molar refractivity (Wildman–Crippen MR) is 89.4 cm³/mol. The number of pyridine rings is 1. The van der Waals surface area contributed by atoms with Gasteiger partial charge in [-0.2, -0.15) is 0 Å². The van der Waals surface area contributed by atoms with Crippen LogP contribution < -0.4 is 10.1 Å². The first-order valence-corrected chi connectivity index (χ1v) is 7.62. The minimum absolute atomic E-state index is 0.0407. The number of carboxylic acid groups (broad SMARTS) is 1. The van der Waals surface area contributed by atoms with Crippen LogP contribution in [-0.4, -0.2) is 35.1 Å². The van der Waals surface area contributed by atoms with Crippen molar-refractivity contribution < 1.29 is 19.4 Å². The summed E-state index contributed by atoms with van der Waals surface area (Å²) in [7, 11) is 1.63. The van der Waals surface area contributed by atoms with E-state index >= 15 is 0 Å². The molecule has 0 aliphatic heterocycles. The van der Waals surface area contributed by atoms with Crippen molar-refractivity contribution in [1.82, 2.24) is 10.3 Å². The van der Waals surface area contributed by atoms with Gasteiger partial charge in [-0.3, -0.25) is 4.79 Å². The molecule has 0 saturated carbocycles. The summed E-state index contributed by atoms with van der Waals surface area (Å²) in [6.45, 7) is 1.92. The SMILES string of the molecule is COc1ccc(CCC(C)NC(=O)c2ccnc(C(=O)O)c2)cc1. The first kappa shape index (κ1) is 17.5. The molecular formula is C18H20N2O4. The molecule has 0 radical (unpaired) electrons. The van der Waals surface area contributed by atoms with Crippen LogP contribution in [0.25, 0.3) is 0 Å². The number of benzene rings is 1. The van der Waals surface area contributed by atoms with E-state index in [9.17, 15) is 9.59 Å². The molecule has 24 heavy (non-hydrogen) atoms. The van der Waals surface area contributed by atoms with Gasteiger partial charge in [-0.05, 0) is 49.6 Å². The standard InChI is InChI=1S/C18H20N2O4/c1-12(3-4-13-5-7-15(24-2)8-6-13)20-17(21)14-9-10-19-16(11-14)18(22)23/h5-12H,3-4H2,1-2H3,(H,20,21)(H,22,23). The number of carbonyl (C=O) groups is 2. The van der Waals surface area contributed by atoms with E-state index in [1.165, 1.54) is 18.3 Å². The molecule has 0 bridgehead atoms. The molecule has 0 aliphatic carbocycles. The van der Waals surface area contributed by atoms with E-state index in [0.29, 0.717) is 5.56 Å². The molecule has 2 aromatic rings. The molecule has 1 amide bonds. The van der Waals surface area contributed by atoms with Gasteiger partial charge in [0.2, 0.25) is 0 Å². The second-order valence-electron chi connectivity index (χ2n) is 5.50. The molecular weight excluding hydrogens is 308 g/mol. The third-order valence-electron chi connectivity index (χ3n) is 3.64. The molecule has 126 valence electrons. The van der Waals surface area contributed by atoms with Crippen molar-refractivity contribution in [3.8, 4) is 5.75 Å². The number of carbonyl (C=O) groups excluding carboxylic acids is 1. The fraction of sp³-hybridized carbons (Fsp3) is 0.278. The number of aryl methyl sites for hydroxylation is 1. The molecule has 1 heterocycles. The van der Waals surface area contributed by atoms with Gasteiger partial charge in [0.05, 0.1) is 7.11 Å². The summed E-state index contributed by atoms with van der Waals surface area (Å²) in [4.78, 5) is 26.8. The normalized spacial score (nSPS) is 11.6. The number of amides is 1. The molecule has 6 heteroatoms. The summed E-state index contributed by atoms with van der Waals surface area (Å²) >= 11 is 0. The fourth-order valence-corrected chi connectivity index (χ4v) is 2.24. The van der Waals surface area contributed by atoms with Gasteiger partial charge < -0.3 is 15.2 Å². The number of aromatic nitrogens is 1. The van der Waals surface area contributed by atoms with E-state index in [1.54, 1.807) is 7.11 Å². The lowest BCUT2D eigenvalue weighted by Crippen LogP contribution is -2.33. The van der Waals surface area contributed by atoms with Crippen LogP contribution in [0.1, 0.15) is 39.8 Å². The smallest absolute Gasteiger partial charge is 0.354 e. The van der Waals surface area contributed by atoms with Crippen molar-refractivity contribution in [2.24, 2.45) is 0 Å². The maximum absolute atomic E-state index is 12.2. The van der Waals surface area contributed by atoms with Crippen molar-refractivity contribution in [3.05, 3.63) is 59.4 Å². The Kier molecular flexibility index (Phi) is 5.89. The number of hydrogen-bond acceptors (Lipinski definition) is 4. The maximum atomic E-state index is 12.2. The minimum Gasteiger partial charge on any atom is -0.497 e. The van der Waals surface area contributed by atoms with Gasteiger partial charge >= 0.3 is 5.97 Å². The van der Waals surface area contributed by atoms with Crippen LogP contribution in [0.5, 0.6) is 5.75 Å². The molecule has 0 aliphatic rings.